The van der Waals surface area contributed by atoms with E-state index in [4.69, 9.17) is 4.42 Å². The molecule has 0 unspecified atom stereocenters. The van der Waals surface area contributed by atoms with Crippen LogP contribution in [-0.4, -0.2) is 47.8 Å². The molecule has 0 radical (unpaired) electrons. The Morgan fingerprint density at radius 3 is 2.48 bits per heavy atom. The number of carbonyl (C=O) groups excluding carboxylic acids is 2. The lowest BCUT2D eigenvalue weighted by molar-refractivity contribution is -0.150. The summed E-state index contributed by atoms with van der Waals surface area (Å²) in [6.07, 6.45) is 0.866. The van der Waals surface area contributed by atoms with Crippen molar-refractivity contribution in [2.75, 3.05) is 26.2 Å². The summed E-state index contributed by atoms with van der Waals surface area (Å²) in [6, 6.07) is 3.76. The highest BCUT2D eigenvalue weighted by molar-refractivity contribution is 5.92. The van der Waals surface area contributed by atoms with E-state index < -0.39 is 0 Å². The summed E-state index contributed by atoms with van der Waals surface area (Å²) < 4.78 is 5.67. The van der Waals surface area contributed by atoms with Gasteiger partial charge in [-0.25, -0.2) is 0 Å². The van der Waals surface area contributed by atoms with E-state index in [1.807, 2.05) is 26.0 Å². The van der Waals surface area contributed by atoms with Gasteiger partial charge in [-0.15, -0.1) is 0 Å². The molecular formula is C15H23N3O3. The van der Waals surface area contributed by atoms with Crippen molar-refractivity contribution in [1.29, 1.82) is 0 Å². The minimum atomic E-state index is -0.0207. The standard InChI is InChI=1S/C15H23N3O3/c1-3-7-17-10-15(20)18(11-14(17)19)9-13-6-5-12(21-13)8-16-4-2/h5-6,16H,3-4,7-11H2,1-2H3. The number of piperazine rings is 1. The molecule has 0 aliphatic carbocycles. The van der Waals surface area contributed by atoms with Gasteiger partial charge in [0.1, 0.15) is 18.1 Å². The molecule has 1 saturated heterocycles. The van der Waals surface area contributed by atoms with Crippen molar-refractivity contribution >= 4 is 11.8 Å². The number of furan rings is 1. The Kier molecular flexibility index (Phi) is 5.38. The molecule has 0 spiro atoms. The fourth-order valence-electron chi connectivity index (χ4n) is 2.36. The lowest BCUT2D eigenvalue weighted by Gasteiger charge is -2.33. The molecule has 0 saturated carbocycles. The quantitative estimate of drug-likeness (QED) is 0.813. The van der Waals surface area contributed by atoms with Crippen LogP contribution in [0.15, 0.2) is 16.5 Å². The van der Waals surface area contributed by atoms with Crippen molar-refractivity contribution in [2.45, 2.75) is 33.4 Å². The highest BCUT2D eigenvalue weighted by Gasteiger charge is 2.29. The van der Waals surface area contributed by atoms with Crippen molar-refractivity contribution < 1.29 is 14.0 Å². The van der Waals surface area contributed by atoms with Gasteiger partial charge in [0.15, 0.2) is 0 Å². The molecule has 21 heavy (non-hydrogen) atoms. The van der Waals surface area contributed by atoms with Crippen LogP contribution < -0.4 is 5.32 Å². The van der Waals surface area contributed by atoms with E-state index in [2.05, 4.69) is 5.32 Å². The summed E-state index contributed by atoms with van der Waals surface area (Å²) in [5.74, 6) is 1.55. The third-order valence-electron chi connectivity index (χ3n) is 3.46. The van der Waals surface area contributed by atoms with Gasteiger partial charge in [0.25, 0.3) is 0 Å². The SMILES string of the molecule is CCCN1CC(=O)N(Cc2ccc(CNCC)o2)CC1=O. The summed E-state index contributed by atoms with van der Waals surface area (Å²) in [5.41, 5.74) is 0. The number of carbonyl (C=O) groups is 2. The maximum atomic E-state index is 12.1. The molecule has 1 fully saturated rings. The van der Waals surface area contributed by atoms with Crippen LogP contribution in [0.3, 0.4) is 0 Å². The monoisotopic (exact) mass is 293 g/mol. The largest absolute Gasteiger partial charge is 0.463 e. The van der Waals surface area contributed by atoms with Gasteiger partial charge in [0.2, 0.25) is 11.8 Å². The van der Waals surface area contributed by atoms with E-state index in [1.54, 1.807) is 9.80 Å². The van der Waals surface area contributed by atoms with Gasteiger partial charge >= 0.3 is 0 Å². The van der Waals surface area contributed by atoms with Crippen molar-refractivity contribution in [2.24, 2.45) is 0 Å². The molecule has 1 N–H and O–H groups in total. The molecule has 2 heterocycles. The van der Waals surface area contributed by atoms with Crippen molar-refractivity contribution in [1.82, 2.24) is 15.1 Å². The zero-order chi connectivity index (χ0) is 15.2. The number of hydrogen-bond acceptors (Lipinski definition) is 4. The van der Waals surface area contributed by atoms with Crippen molar-refractivity contribution in [3.8, 4) is 0 Å². The van der Waals surface area contributed by atoms with Crippen LogP contribution in [0.5, 0.6) is 0 Å². The zero-order valence-corrected chi connectivity index (χ0v) is 12.7. The number of hydrogen-bond donors (Lipinski definition) is 1. The van der Waals surface area contributed by atoms with Gasteiger partial charge in [-0.2, -0.15) is 0 Å². The Balaban J connectivity index is 1.92. The summed E-state index contributed by atoms with van der Waals surface area (Å²) in [4.78, 5) is 27.2. The molecule has 6 heteroatoms. The third-order valence-corrected chi connectivity index (χ3v) is 3.46. The summed E-state index contributed by atoms with van der Waals surface area (Å²) in [5, 5.41) is 3.18. The predicted molar refractivity (Wildman–Crippen MR) is 78.4 cm³/mol. The van der Waals surface area contributed by atoms with Crippen LogP contribution in [0, 0.1) is 0 Å². The predicted octanol–water partition coefficient (Wildman–Crippen LogP) is 0.970. The first-order valence-electron chi connectivity index (χ1n) is 7.47. The van der Waals surface area contributed by atoms with Crippen LogP contribution in [0.1, 0.15) is 31.8 Å². The molecule has 2 rings (SSSR count). The first kappa shape index (κ1) is 15.6. The van der Waals surface area contributed by atoms with Gasteiger partial charge in [-0.05, 0) is 25.1 Å². The average Bonchev–Trinajstić information content (AvgIpc) is 2.90. The van der Waals surface area contributed by atoms with E-state index in [-0.39, 0.29) is 24.9 Å². The van der Waals surface area contributed by atoms with Crippen molar-refractivity contribution in [3.63, 3.8) is 0 Å². The number of rotatable bonds is 7. The van der Waals surface area contributed by atoms with Crippen LogP contribution in [0.2, 0.25) is 0 Å². The minimum Gasteiger partial charge on any atom is -0.463 e. The Morgan fingerprint density at radius 1 is 1.10 bits per heavy atom. The molecule has 116 valence electrons. The first-order valence-corrected chi connectivity index (χ1v) is 7.47. The topological polar surface area (TPSA) is 65.8 Å². The second-order valence-corrected chi connectivity index (χ2v) is 5.21. The van der Waals surface area contributed by atoms with Gasteiger partial charge in [0, 0.05) is 6.54 Å². The maximum absolute atomic E-state index is 12.1. The second-order valence-electron chi connectivity index (χ2n) is 5.21. The minimum absolute atomic E-state index is 0.0101. The van der Waals surface area contributed by atoms with Crippen LogP contribution in [-0.2, 0) is 22.7 Å². The lowest BCUT2D eigenvalue weighted by atomic mass is 10.2. The molecule has 0 aromatic carbocycles. The molecule has 1 aliphatic rings. The molecule has 2 amide bonds. The fourth-order valence-corrected chi connectivity index (χ4v) is 2.36. The Morgan fingerprint density at radius 2 is 1.76 bits per heavy atom. The summed E-state index contributed by atoms with van der Waals surface area (Å²) >= 11 is 0. The first-order chi connectivity index (χ1) is 10.1. The zero-order valence-electron chi connectivity index (χ0n) is 12.7. The van der Waals surface area contributed by atoms with Gasteiger partial charge in [-0.1, -0.05) is 13.8 Å². The fraction of sp³-hybridized carbons (Fsp3) is 0.600. The Bertz CT molecular complexity index is 498. The molecule has 0 atom stereocenters. The third kappa shape index (κ3) is 4.07. The van der Waals surface area contributed by atoms with Gasteiger partial charge < -0.3 is 19.5 Å². The van der Waals surface area contributed by atoms with Crippen LogP contribution in [0.25, 0.3) is 0 Å². The number of amides is 2. The normalized spacial score (nSPS) is 15.9. The van der Waals surface area contributed by atoms with Crippen LogP contribution >= 0.6 is 0 Å². The van der Waals surface area contributed by atoms with E-state index in [1.165, 1.54) is 0 Å². The molecular weight excluding hydrogens is 270 g/mol. The second kappa shape index (κ2) is 7.26. The highest BCUT2D eigenvalue weighted by Crippen LogP contribution is 2.14. The Hall–Kier alpha value is -1.82. The molecule has 1 aromatic rings. The molecule has 6 nitrogen and oxygen atoms in total. The summed E-state index contributed by atoms with van der Waals surface area (Å²) in [6.45, 7) is 6.90. The van der Waals surface area contributed by atoms with Crippen LogP contribution in [0.4, 0.5) is 0 Å². The van der Waals surface area contributed by atoms with E-state index in [0.717, 1.165) is 18.7 Å². The Labute approximate surface area is 125 Å². The molecule has 1 aromatic heterocycles. The van der Waals surface area contributed by atoms with Gasteiger partial charge in [-0.3, -0.25) is 9.59 Å². The molecule has 0 bridgehead atoms. The number of nitrogens with one attached hydrogen (secondary N) is 1. The highest BCUT2D eigenvalue weighted by atomic mass is 16.3. The number of nitrogens with zero attached hydrogens (tertiary/aromatic N) is 2. The summed E-state index contributed by atoms with van der Waals surface area (Å²) in [7, 11) is 0. The average molecular weight is 293 g/mol. The maximum Gasteiger partial charge on any atom is 0.243 e. The van der Waals surface area contributed by atoms with E-state index in [0.29, 0.717) is 25.4 Å². The van der Waals surface area contributed by atoms with E-state index >= 15 is 0 Å². The molecule has 1 aliphatic heterocycles. The van der Waals surface area contributed by atoms with E-state index in [9.17, 15) is 9.59 Å². The van der Waals surface area contributed by atoms with Crippen molar-refractivity contribution in [3.05, 3.63) is 23.7 Å². The lowest BCUT2D eigenvalue weighted by Crippen LogP contribution is -2.53. The van der Waals surface area contributed by atoms with Gasteiger partial charge in [0.05, 0.1) is 19.6 Å². The smallest absolute Gasteiger partial charge is 0.243 e.